The second kappa shape index (κ2) is 7.02. The van der Waals surface area contributed by atoms with Crippen molar-refractivity contribution >= 4 is 11.7 Å². The first kappa shape index (κ1) is 16.9. The van der Waals surface area contributed by atoms with Gasteiger partial charge >= 0.3 is 0 Å². The van der Waals surface area contributed by atoms with Crippen LogP contribution in [0.4, 0.5) is 5.82 Å². The highest BCUT2D eigenvalue weighted by Gasteiger charge is 2.30. The Morgan fingerprint density at radius 2 is 1.81 bits per heavy atom. The molecular formula is C20H25N5O. The standard InChI is InChI=1S/C20H25N5O/c1-14-11-15(2)23-19(22-14)17-6-10-25(13-17)20(26)16-5-7-21-18(12-16)24-8-3-4-9-24/h5,7,11-12,17H,3-4,6,8-10,13H2,1-2H3/t17-/m0/s1. The Labute approximate surface area is 154 Å². The number of hydrogen-bond acceptors (Lipinski definition) is 5. The summed E-state index contributed by atoms with van der Waals surface area (Å²) in [6.45, 7) is 7.48. The maximum atomic E-state index is 13.0. The van der Waals surface area contributed by atoms with Crippen molar-refractivity contribution in [2.24, 2.45) is 0 Å². The monoisotopic (exact) mass is 351 g/mol. The van der Waals surface area contributed by atoms with E-state index in [9.17, 15) is 4.79 Å². The van der Waals surface area contributed by atoms with E-state index in [0.717, 1.165) is 54.6 Å². The fourth-order valence-corrected chi connectivity index (χ4v) is 3.94. The lowest BCUT2D eigenvalue weighted by atomic mass is 10.1. The largest absolute Gasteiger partial charge is 0.357 e. The van der Waals surface area contributed by atoms with Crippen LogP contribution in [0, 0.1) is 13.8 Å². The molecule has 2 fully saturated rings. The number of hydrogen-bond donors (Lipinski definition) is 0. The highest BCUT2D eigenvalue weighted by atomic mass is 16.2. The first-order valence-corrected chi connectivity index (χ1v) is 9.42. The van der Waals surface area contributed by atoms with Gasteiger partial charge in [-0.15, -0.1) is 0 Å². The van der Waals surface area contributed by atoms with E-state index in [1.54, 1.807) is 6.20 Å². The van der Waals surface area contributed by atoms with Gasteiger partial charge in [-0.3, -0.25) is 4.79 Å². The van der Waals surface area contributed by atoms with Gasteiger partial charge in [-0.2, -0.15) is 0 Å². The van der Waals surface area contributed by atoms with Crippen molar-refractivity contribution in [3.63, 3.8) is 0 Å². The smallest absolute Gasteiger partial charge is 0.254 e. The normalized spacial score (nSPS) is 20.0. The minimum atomic E-state index is 0.0831. The molecule has 0 unspecified atom stereocenters. The Morgan fingerprint density at radius 3 is 2.54 bits per heavy atom. The number of aromatic nitrogens is 3. The predicted molar refractivity (Wildman–Crippen MR) is 100 cm³/mol. The summed E-state index contributed by atoms with van der Waals surface area (Å²) in [6, 6.07) is 5.75. The van der Waals surface area contributed by atoms with Crippen molar-refractivity contribution < 1.29 is 4.79 Å². The Morgan fingerprint density at radius 1 is 1.08 bits per heavy atom. The van der Waals surface area contributed by atoms with Crippen LogP contribution in [0.15, 0.2) is 24.4 Å². The van der Waals surface area contributed by atoms with Crippen molar-refractivity contribution in [3.8, 4) is 0 Å². The van der Waals surface area contributed by atoms with Crippen molar-refractivity contribution in [2.45, 2.75) is 39.0 Å². The van der Waals surface area contributed by atoms with E-state index in [4.69, 9.17) is 0 Å². The first-order valence-electron chi connectivity index (χ1n) is 9.42. The number of amides is 1. The van der Waals surface area contributed by atoms with Gasteiger partial charge in [0.1, 0.15) is 11.6 Å². The van der Waals surface area contributed by atoms with E-state index in [-0.39, 0.29) is 11.8 Å². The molecule has 0 aromatic carbocycles. The Kier molecular flexibility index (Phi) is 4.57. The van der Waals surface area contributed by atoms with Gasteiger partial charge in [-0.05, 0) is 51.3 Å². The maximum Gasteiger partial charge on any atom is 0.254 e. The van der Waals surface area contributed by atoms with Crippen LogP contribution in [0.2, 0.25) is 0 Å². The molecule has 4 rings (SSSR count). The molecular weight excluding hydrogens is 326 g/mol. The summed E-state index contributed by atoms with van der Waals surface area (Å²) in [5, 5.41) is 0. The zero-order valence-electron chi connectivity index (χ0n) is 15.5. The molecule has 0 aliphatic carbocycles. The number of aryl methyl sites for hydroxylation is 2. The fraction of sp³-hybridized carbons (Fsp3) is 0.500. The van der Waals surface area contributed by atoms with Crippen LogP contribution in [-0.4, -0.2) is 51.9 Å². The minimum absolute atomic E-state index is 0.0831. The van der Waals surface area contributed by atoms with E-state index >= 15 is 0 Å². The molecule has 0 bridgehead atoms. The van der Waals surface area contributed by atoms with E-state index < -0.39 is 0 Å². The molecule has 4 heterocycles. The van der Waals surface area contributed by atoms with E-state index in [1.807, 2.05) is 36.9 Å². The average molecular weight is 351 g/mol. The molecule has 2 aliphatic heterocycles. The zero-order valence-corrected chi connectivity index (χ0v) is 15.5. The lowest BCUT2D eigenvalue weighted by Crippen LogP contribution is -2.29. The first-order chi connectivity index (χ1) is 12.6. The molecule has 6 heteroatoms. The molecule has 1 atom stereocenters. The van der Waals surface area contributed by atoms with Crippen molar-refractivity contribution in [3.05, 3.63) is 47.2 Å². The Hall–Kier alpha value is -2.50. The molecule has 2 aliphatic rings. The lowest BCUT2D eigenvalue weighted by Gasteiger charge is -2.19. The van der Waals surface area contributed by atoms with Crippen LogP contribution < -0.4 is 4.90 Å². The molecule has 2 saturated heterocycles. The van der Waals surface area contributed by atoms with Gasteiger partial charge in [0, 0.05) is 55.2 Å². The molecule has 0 saturated carbocycles. The third-order valence-corrected chi connectivity index (χ3v) is 5.26. The fourth-order valence-electron chi connectivity index (χ4n) is 3.94. The van der Waals surface area contributed by atoms with Gasteiger partial charge in [0.2, 0.25) is 0 Å². The van der Waals surface area contributed by atoms with Crippen molar-refractivity contribution in [1.29, 1.82) is 0 Å². The molecule has 2 aromatic heterocycles. The third kappa shape index (κ3) is 3.41. The van der Waals surface area contributed by atoms with Gasteiger partial charge in [0.25, 0.3) is 5.91 Å². The molecule has 0 radical (unpaired) electrons. The highest BCUT2D eigenvalue weighted by Crippen LogP contribution is 2.27. The summed E-state index contributed by atoms with van der Waals surface area (Å²) in [6.07, 6.45) is 5.06. The summed E-state index contributed by atoms with van der Waals surface area (Å²) in [7, 11) is 0. The van der Waals surface area contributed by atoms with Crippen LogP contribution >= 0.6 is 0 Å². The second-order valence-electron chi connectivity index (χ2n) is 7.34. The molecule has 6 nitrogen and oxygen atoms in total. The Balaban J connectivity index is 1.48. The molecule has 136 valence electrons. The van der Waals surface area contributed by atoms with E-state index in [0.29, 0.717) is 6.54 Å². The number of pyridine rings is 1. The average Bonchev–Trinajstić information content (AvgIpc) is 3.32. The van der Waals surface area contributed by atoms with Gasteiger partial charge in [-0.25, -0.2) is 15.0 Å². The summed E-state index contributed by atoms with van der Waals surface area (Å²) in [5.41, 5.74) is 2.70. The Bertz CT molecular complexity index is 795. The van der Waals surface area contributed by atoms with Crippen molar-refractivity contribution in [1.82, 2.24) is 19.9 Å². The maximum absolute atomic E-state index is 13.0. The number of rotatable bonds is 3. The van der Waals surface area contributed by atoms with Gasteiger partial charge < -0.3 is 9.80 Å². The van der Waals surface area contributed by atoms with Crippen LogP contribution in [0.1, 0.15) is 52.8 Å². The molecule has 1 amide bonds. The topological polar surface area (TPSA) is 62.2 Å². The summed E-state index contributed by atoms with van der Waals surface area (Å²) >= 11 is 0. The number of anilines is 1. The van der Waals surface area contributed by atoms with Crippen molar-refractivity contribution in [2.75, 3.05) is 31.1 Å². The summed E-state index contributed by atoms with van der Waals surface area (Å²) < 4.78 is 0. The van der Waals surface area contributed by atoms with Gasteiger partial charge in [0.05, 0.1) is 0 Å². The lowest BCUT2D eigenvalue weighted by molar-refractivity contribution is 0.0790. The summed E-state index contributed by atoms with van der Waals surface area (Å²) in [4.78, 5) is 30.8. The number of nitrogens with zero attached hydrogens (tertiary/aromatic N) is 5. The third-order valence-electron chi connectivity index (χ3n) is 5.26. The SMILES string of the molecule is Cc1cc(C)nc([C@H]2CCN(C(=O)c3ccnc(N4CCCC4)c3)C2)n1. The quantitative estimate of drug-likeness (QED) is 0.851. The number of carbonyl (C=O) groups is 1. The number of likely N-dealkylation sites (tertiary alicyclic amines) is 1. The van der Waals surface area contributed by atoms with Gasteiger partial charge in [-0.1, -0.05) is 0 Å². The minimum Gasteiger partial charge on any atom is -0.357 e. The summed E-state index contributed by atoms with van der Waals surface area (Å²) in [5.74, 6) is 2.09. The molecule has 26 heavy (non-hydrogen) atoms. The van der Waals surface area contributed by atoms with Crippen LogP contribution in [0.5, 0.6) is 0 Å². The molecule has 0 spiro atoms. The number of carbonyl (C=O) groups excluding carboxylic acids is 1. The van der Waals surface area contributed by atoms with Crippen LogP contribution in [-0.2, 0) is 0 Å². The highest BCUT2D eigenvalue weighted by molar-refractivity contribution is 5.95. The molecule has 0 N–H and O–H groups in total. The van der Waals surface area contributed by atoms with Crippen LogP contribution in [0.3, 0.4) is 0 Å². The van der Waals surface area contributed by atoms with E-state index in [2.05, 4.69) is 19.9 Å². The predicted octanol–water partition coefficient (Wildman–Crippen LogP) is 2.72. The van der Waals surface area contributed by atoms with E-state index in [1.165, 1.54) is 12.8 Å². The second-order valence-corrected chi connectivity index (χ2v) is 7.34. The van der Waals surface area contributed by atoms with Gasteiger partial charge in [0.15, 0.2) is 0 Å². The molecule has 2 aromatic rings. The zero-order chi connectivity index (χ0) is 18.1. The van der Waals surface area contributed by atoms with Crippen LogP contribution in [0.25, 0.3) is 0 Å².